The summed E-state index contributed by atoms with van der Waals surface area (Å²) >= 11 is 1.38. The minimum atomic E-state index is -3.12. The van der Waals surface area contributed by atoms with Gasteiger partial charge in [0.15, 0.2) is 10.8 Å². The average Bonchev–Trinajstić information content (AvgIpc) is 3.77. The molecule has 5 aromatic rings. The monoisotopic (exact) mass is 604 g/mol. The van der Waals surface area contributed by atoms with Crippen molar-refractivity contribution in [2.45, 2.75) is 12.3 Å². The standard InChI is InChI=1S/C29H30F2N6O4S/c1-29(17-30,18-31)25-15-26(35-41-25)34-27(38)32-20-4-2-19(3-5-20)22-16-37-23-7-6-21(14-24(23)42-28(37)33-22)40-13-10-36-8-11-39-12-9-36/h2-7,14-16H,8-13,17-18H2,1H3,(H2,32,34,35,38)/i8D2,9D2,11D2,12D2. The molecule has 4 heterocycles. The SMILES string of the molecule is [2H]C1([2H])OC([2H])([2H])C([2H])([2H])N(CCOc2ccc3c(c2)sc2nc(-c4ccc(NC(=O)Nc5cc(C(C)(CF)CF)on5)cc4)cn23)C1([2H])[2H]. The number of aromatic nitrogens is 3. The van der Waals surface area contributed by atoms with Gasteiger partial charge < -0.3 is 19.3 Å². The van der Waals surface area contributed by atoms with Crippen LogP contribution in [0.5, 0.6) is 5.75 Å². The number of morpholine rings is 1. The zero-order valence-electron chi connectivity index (χ0n) is 30.1. The first-order valence-electron chi connectivity index (χ1n) is 16.7. The molecule has 13 heteroatoms. The summed E-state index contributed by atoms with van der Waals surface area (Å²) in [4.78, 5) is 18.3. The highest BCUT2D eigenvalue weighted by Crippen LogP contribution is 2.32. The Labute approximate surface area is 255 Å². The number of nitrogens with one attached hydrogen (secondary N) is 2. The third-order valence-electron chi connectivity index (χ3n) is 6.49. The van der Waals surface area contributed by atoms with E-state index in [0.717, 1.165) is 15.8 Å². The van der Waals surface area contributed by atoms with Gasteiger partial charge in [0, 0.05) is 48.5 Å². The van der Waals surface area contributed by atoms with Gasteiger partial charge in [-0.1, -0.05) is 28.6 Å². The number of hydrogen-bond acceptors (Lipinski definition) is 8. The van der Waals surface area contributed by atoms with Crippen LogP contribution in [-0.4, -0.2) is 78.1 Å². The lowest BCUT2D eigenvalue weighted by Crippen LogP contribution is -2.38. The van der Waals surface area contributed by atoms with Gasteiger partial charge in [-0.3, -0.25) is 14.6 Å². The van der Waals surface area contributed by atoms with Crippen LogP contribution in [0.3, 0.4) is 0 Å². The molecule has 0 bridgehead atoms. The van der Waals surface area contributed by atoms with Crippen LogP contribution in [0, 0.1) is 0 Å². The van der Waals surface area contributed by atoms with Gasteiger partial charge in [0.1, 0.15) is 31.5 Å². The summed E-state index contributed by atoms with van der Waals surface area (Å²) in [6.07, 6.45) is 1.85. The van der Waals surface area contributed by atoms with E-state index in [9.17, 15) is 13.6 Å². The normalized spacial score (nSPS) is 22.1. The number of carbonyl (C=O) groups is 1. The maximum Gasteiger partial charge on any atom is 0.324 e. The van der Waals surface area contributed by atoms with Crippen LogP contribution in [0.15, 0.2) is 59.3 Å². The summed E-state index contributed by atoms with van der Waals surface area (Å²) in [5.74, 6) is 0.365. The van der Waals surface area contributed by atoms with Gasteiger partial charge in [-0.05, 0) is 37.3 Å². The maximum atomic E-state index is 13.2. The van der Waals surface area contributed by atoms with Gasteiger partial charge in [0.25, 0.3) is 0 Å². The smallest absolute Gasteiger partial charge is 0.324 e. The van der Waals surface area contributed by atoms with Gasteiger partial charge in [-0.2, -0.15) is 0 Å². The van der Waals surface area contributed by atoms with Crippen molar-refractivity contribution in [2.75, 3.05) is 63.2 Å². The highest BCUT2D eigenvalue weighted by Gasteiger charge is 2.32. The summed E-state index contributed by atoms with van der Waals surface area (Å²) in [5.41, 5.74) is 1.24. The number of thiazole rings is 1. The molecule has 1 saturated heterocycles. The number of urea groups is 1. The topological polar surface area (TPSA) is 106 Å². The number of benzene rings is 2. The van der Waals surface area contributed by atoms with Crippen molar-refractivity contribution < 1.29 is 38.5 Å². The van der Waals surface area contributed by atoms with Crippen LogP contribution in [0.4, 0.5) is 25.1 Å². The van der Waals surface area contributed by atoms with Gasteiger partial charge in [0.2, 0.25) is 0 Å². The van der Waals surface area contributed by atoms with Crippen LogP contribution >= 0.6 is 11.3 Å². The minimum Gasteiger partial charge on any atom is -0.492 e. The van der Waals surface area contributed by atoms with E-state index >= 15 is 0 Å². The predicted molar refractivity (Wildman–Crippen MR) is 157 cm³/mol. The second kappa shape index (κ2) is 12.0. The fourth-order valence-corrected chi connectivity index (χ4v) is 5.11. The molecule has 0 spiro atoms. The fourth-order valence-electron chi connectivity index (χ4n) is 4.08. The molecule has 0 saturated carbocycles. The first-order chi connectivity index (χ1) is 23.4. The quantitative estimate of drug-likeness (QED) is 0.209. The van der Waals surface area contributed by atoms with E-state index < -0.39 is 57.5 Å². The molecule has 1 aliphatic heterocycles. The lowest BCUT2D eigenvalue weighted by atomic mass is 9.91. The number of amides is 2. The molecule has 2 amide bonds. The Morgan fingerprint density at radius 2 is 1.93 bits per heavy atom. The van der Waals surface area contributed by atoms with Gasteiger partial charge in [0.05, 0.1) is 39.9 Å². The summed E-state index contributed by atoms with van der Waals surface area (Å²) in [5, 5.41) is 8.77. The summed E-state index contributed by atoms with van der Waals surface area (Å²) in [6.45, 7) is -13.6. The third-order valence-corrected chi connectivity index (χ3v) is 7.50. The molecule has 1 aliphatic rings. The number of carbonyl (C=O) groups excluding carboxylic acids is 1. The number of fused-ring (bicyclic) bond motifs is 3. The van der Waals surface area contributed by atoms with Gasteiger partial charge >= 0.3 is 6.03 Å². The molecular formula is C29H30F2N6O4S. The fraction of sp³-hybridized carbons (Fsp3) is 0.345. The molecule has 1 fully saturated rings. The molecule has 10 nitrogen and oxygen atoms in total. The number of alkyl halides is 2. The molecule has 220 valence electrons. The zero-order valence-corrected chi connectivity index (χ0v) is 22.9. The van der Waals surface area contributed by atoms with Crippen LogP contribution < -0.4 is 15.4 Å². The summed E-state index contributed by atoms with van der Waals surface area (Å²) in [6, 6.07) is 12.7. The Bertz CT molecular complexity index is 2010. The Hall–Kier alpha value is -4.07. The molecule has 0 unspecified atom stereocenters. The number of halogens is 2. The molecule has 6 rings (SSSR count). The van der Waals surface area contributed by atoms with E-state index in [-0.39, 0.29) is 18.2 Å². The second-order valence-corrected chi connectivity index (χ2v) is 10.6. The van der Waals surface area contributed by atoms with E-state index in [4.69, 9.17) is 25.2 Å². The molecule has 2 aromatic carbocycles. The van der Waals surface area contributed by atoms with E-state index in [1.165, 1.54) is 24.3 Å². The number of nitrogens with zero attached hydrogens (tertiary/aromatic N) is 4. The van der Waals surface area contributed by atoms with Gasteiger partial charge in [-0.25, -0.2) is 18.6 Å². The largest absolute Gasteiger partial charge is 0.492 e. The molecule has 0 aliphatic carbocycles. The van der Waals surface area contributed by atoms with E-state index in [1.54, 1.807) is 42.5 Å². The van der Waals surface area contributed by atoms with Crippen molar-refractivity contribution in [1.29, 1.82) is 0 Å². The summed E-state index contributed by atoms with van der Waals surface area (Å²) in [7, 11) is 0. The highest BCUT2D eigenvalue weighted by molar-refractivity contribution is 7.23. The van der Waals surface area contributed by atoms with Crippen LogP contribution in [0.1, 0.15) is 23.7 Å². The number of ether oxygens (including phenoxy) is 2. The van der Waals surface area contributed by atoms with Crippen LogP contribution in [0.2, 0.25) is 0 Å². The number of anilines is 2. The molecular weight excluding hydrogens is 566 g/mol. The Morgan fingerprint density at radius 1 is 1.14 bits per heavy atom. The van der Waals surface area contributed by atoms with E-state index in [1.807, 2.05) is 10.6 Å². The van der Waals surface area contributed by atoms with Crippen molar-refractivity contribution in [3.63, 3.8) is 0 Å². The third kappa shape index (κ3) is 5.94. The Balaban J connectivity index is 1.09. The predicted octanol–water partition coefficient (Wildman–Crippen LogP) is 5.76. The molecule has 3 aromatic heterocycles. The van der Waals surface area contributed by atoms with E-state index in [0.29, 0.717) is 27.0 Å². The average molecular weight is 605 g/mol. The van der Waals surface area contributed by atoms with Crippen molar-refractivity contribution in [2.24, 2.45) is 0 Å². The lowest BCUT2D eigenvalue weighted by molar-refractivity contribution is 0.0322. The second-order valence-electron chi connectivity index (χ2n) is 9.60. The van der Waals surface area contributed by atoms with Crippen LogP contribution in [-0.2, 0) is 10.2 Å². The first-order valence-corrected chi connectivity index (χ1v) is 13.5. The van der Waals surface area contributed by atoms with Crippen molar-refractivity contribution in [1.82, 2.24) is 19.4 Å². The van der Waals surface area contributed by atoms with Gasteiger partial charge in [-0.15, -0.1) is 0 Å². The molecule has 0 atom stereocenters. The van der Waals surface area contributed by atoms with Crippen molar-refractivity contribution in [3.05, 3.63) is 60.5 Å². The number of rotatable bonds is 10. The van der Waals surface area contributed by atoms with Crippen molar-refractivity contribution >= 4 is 44.1 Å². The number of imidazole rings is 1. The van der Waals surface area contributed by atoms with Crippen LogP contribution in [0.25, 0.3) is 26.4 Å². The molecule has 0 radical (unpaired) electrons. The number of hydrogen-bond donors (Lipinski definition) is 2. The Kier molecular flexibility index (Phi) is 5.72. The summed E-state index contributed by atoms with van der Waals surface area (Å²) < 4.78 is 108. The Morgan fingerprint density at radius 3 is 2.69 bits per heavy atom. The lowest BCUT2D eigenvalue weighted by Gasteiger charge is -2.26. The zero-order chi connectivity index (χ0) is 36.3. The van der Waals surface area contributed by atoms with E-state index in [2.05, 4.69) is 20.5 Å². The van der Waals surface area contributed by atoms with Crippen molar-refractivity contribution in [3.8, 4) is 17.0 Å². The maximum absolute atomic E-state index is 13.2. The highest BCUT2D eigenvalue weighted by atomic mass is 32.1. The minimum absolute atomic E-state index is 0.00407. The molecule has 42 heavy (non-hydrogen) atoms. The molecule has 2 N–H and O–H groups in total. The first kappa shape index (κ1) is 19.9.